The van der Waals surface area contributed by atoms with Gasteiger partial charge in [0.2, 0.25) is 0 Å². The zero-order valence-corrected chi connectivity index (χ0v) is 18.8. The molecule has 1 amide bonds. The molecule has 2 aromatic rings. The molecule has 2 fully saturated rings. The number of H-pyrrole nitrogens is 1. The number of thiophene rings is 1. The number of carbonyl (C=O) groups is 1. The van der Waals surface area contributed by atoms with Crippen molar-refractivity contribution >= 4 is 17.2 Å². The summed E-state index contributed by atoms with van der Waals surface area (Å²) in [5.41, 5.74) is 1.97. The van der Waals surface area contributed by atoms with E-state index in [0.717, 1.165) is 58.2 Å². The number of ether oxygens (including phenoxy) is 1. The maximum Gasteiger partial charge on any atom is 0.269 e. The van der Waals surface area contributed by atoms with E-state index in [0.29, 0.717) is 23.7 Å². The van der Waals surface area contributed by atoms with Crippen molar-refractivity contribution in [1.29, 1.82) is 0 Å². The number of amides is 1. The number of aryl methyl sites for hydroxylation is 1. The van der Waals surface area contributed by atoms with E-state index in [1.807, 2.05) is 11.3 Å². The molecule has 0 aromatic carbocycles. The van der Waals surface area contributed by atoms with Gasteiger partial charge in [0.15, 0.2) is 0 Å². The van der Waals surface area contributed by atoms with Gasteiger partial charge in [-0.1, -0.05) is 6.92 Å². The van der Waals surface area contributed by atoms with Crippen molar-refractivity contribution in [3.05, 3.63) is 39.3 Å². The molecule has 5 rings (SSSR count). The molecule has 3 aliphatic rings. The Balaban J connectivity index is 1.15. The number of hydrogen-bond acceptors (Lipinski definition) is 5. The van der Waals surface area contributed by atoms with Gasteiger partial charge >= 0.3 is 0 Å². The predicted molar refractivity (Wildman–Crippen MR) is 118 cm³/mol. The molecule has 2 aromatic heterocycles. The van der Waals surface area contributed by atoms with Gasteiger partial charge in [-0.15, -0.1) is 11.3 Å². The van der Waals surface area contributed by atoms with Crippen LogP contribution in [0.5, 0.6) is 0 Å². The van der Waals surface area contributed by atoms with E-state index < -0.39 is 0 Å². The van der Waals surface area contributed by atoms with Gasteiger partial charge in [-0.2, -0.15) is 5.10 Å². The van der Waals surface area contributed by atoms with Crippen molar-refractivity contribution in [3.8, 4) is 0 Å². The monoisotopic (exact) mass is 428 g/mol. The lowest BCUT2D eigenvalue weighted by Gasteiger charge is -2.49. The Morgan fingerprint density at radius 3 is 3.07 bits per heavy atom. The molecule has 0 radical (unpaired) electrons. The highest BCUT2D eigenvalue weighted by Gasteiger charge is 2.45. The molecule has 0 bridgehead atoms. The Hall–Kier alpha value is -1.70. The molecule has 6 nitrogen and oxygen atoms in total. The minimum atomic E-state index is -0.0619. The van der Waals surface area contributed by atoms with Gasteiger partial charge in [-0.3, -0.25) is 9.89 Å². The van der Waals surface area contributed by atoms with Crippen LogP contribution < -0.4 is 5.32 Å². The Bertz CT molecular complexity index is 889. The SMILES string of the molecule is CCc1cc2c(s1)CCO[C@@]21CCN(CC2CC(NC(=O)c3ccn[nH]3)C2)[C@@H](C)C1. The Labute approximate surface area is 182 Å². The van der Waals surface area contributed by atoms with Crippen molar-refractivity contribution < 1.29 is 9.53 Å². The summed E-state index contributed by atoms with van der Waals surface area (Å²) >= 11 is 2.00. The van der Waals surface area contributed by atoms with E-state index in [9.17, 15) is 4.79 Å². The highest BCUT2D eigenvalue weighted by Crippen LogP contribution is 2.46. The summed E-state index contributed by atoms with van der Waals surface area (Å²) in [5, 5.41) is 9.70. The molecule has 1 aliphatic carbocycles. The maximum atomic E-state index is 12.1. The van der Waals surface area contributed by atoms with Gasteiger partial charge in [0.05, 0.1) is 12.2 Å². The molecule has 162 valence electrons. The van der Waals surface area contributed by atoms with Crippen LogP contribution in [0, 0.1) is 5.92 Å². The van der Waals surface area contributed by atoms with Gasteiger partial charge in [0, 0.05) is 47.5 Å². The van der Waals surface area contributed by atoms with Crippen LogP contribution in [0.4, 0.5) is 0 Å². The Kier molecular flexibility index (Phi) is 5.45. The van der Waals surface area contributed by atoms with Crippen LogP contribution >= 0.6 is 11.3 Å². The molecule has 1 saturated carbocycles. The third-order valence-corrected chi connectivity index (χ3v) is 8.61. The van der Waals surface area contributed by atoms with Crippen LogP contribution in [0.25, 0.3) is 0 Å². The second-order valence-electron chi connectivity index (χ2n) is 9.27. The van der Waals surface area contributed by atoms with Gasteiger partial charge in [-0.25, -0.2) is 0 Å². The molecule has 1 saturated heterocycles. The van der Waals surface area contributed by atoms with Crippen LogP contribution in [-0.2, 0) is 23.2 Å². The summed E-state index contributed by atoms with van der Waals surface area (Å²) < 4.78 is 6.48. The highest BCUT2D eigenvalue weighted by molar-refractivity contribution is 7.12. The first-order valence-corrected chi connectivity index (χ1v) is 12.2. The topological polar surface area (TPSA) is 70.2 Å². The third-order valence-electron chi connectivity index (χ3n) is 7.27. The highest BCUT2D eigenvalue weighted by atomic mass is 32.1. The largest absolute Gasteiger partial charge is 0.370 e. The molecular formula is C23H32N4O2S. The molecule has 7 heteroatoms. The molecule has 2 N–H and O–H groups in total. The quantitative estimate of drug-likeness (QED) is 0.765. The van der Waals surface area contributed by atoms with Gasteiger partial charge in [-0.05, 0) is 62.6 Å². The number of hydrogen-bond donors (Lipinski definition) is 2. The minimum absolute atomic E-state index is 0.0447. The maximum absolute atomic E-state index is 12.1. The molecule has 30 heavy (non-hydrogen) atoms. The van der Waals surface area contributed by atoms with Gasteiger partial charge < -0.3 is 15.0 Å². The molecule has 4 heterocycles. The van der Waals surface area contributed by atoms with Crippen LogP contribution in [0.15, 0.2) is 18.3 Å². The molecule has 0 unspecified atom stereocenters. The van der Waals surface area contributed by atoms with E-state index in [4.69, 9.17) is 4.74 Å². The average Bonchev–Trinajstić information content (AvgIpc) is 3.38. The average molecular weight is 429 g/mol. The number of fused-ring (bicyclic) bond motifs is 2. The smallest absolute Gasteiger partial charge is 0.269 e. The lowest BCUT2D eigenvalue weighted by atomic mass is 9.76. The van der Waals surface area contributed by atoms with E-state index in [1.54, 1.807) is 17.1 Å². The fourth-order valence-corrected chi connectivity index (χ4v) is 6.70. The molecule has 2 atom stereocenters. The summed E-state index contributed by atoms with van der Waals surface area (Å²) in [5.74, 6) is 0.626. The van der Waals surface area contributed by atoms with Crippen molar-refractivity contribution in [2.24, 2.45) is 5.92 Å². The normalized spacial score (nSPS) is 31.3. The second kappa shape index (κ2) is 8.09. The first-order valence-electron chi connectivity index (χ1n) is 11.4. The van der Waals surface area contributed by atoms with Gasteiger partial charge in [0.25, 0.3) is 5.91 Å². The Morgan fingerprint density at radius 2 is 2.33 bits per heavy atom. The number of carbonyl (C=O) groups excluding carboxylic acids is 1. The van der Waals surface area contributed by atoms with Crippen molar-refractivity contribution in [1.82, 2.24) is 20.4 Å². The fraction of sp³-hybridized carbons (Fsp3) is 0.652. The number of nitrogens with zero attached hydrogens (tertiary/aromatic N) is 2. The lowest BCUT2D eigenvalue weighted by molar-refractivity contribution is -0.114. The first kappa shape index (κ1) is 20.2. The summed E-state index contributed by atoms with van der Waals surface area (Å²) in [7, 11) is 0. The van der Waals surface area contributed by atoms with E-state index in [2.05, 4.69) is 40.3 Å². The molecule has 2 aliphatic heterocycles. The van der Waals surface area contributed by atoms with Crippen LogP contribution in [0.2, 0.25) is 0 Å². The number of aromatic amines is 1. The molecular weight excluding hydrogens is 396 g/mol. The lowest BCUT2D eigenvalue weighted by Crippen LogP contribution is -2.54. The van der Waals surface area contributed by atoms with E-state index in [1.165, 1.54) is 10.4 Å². The Morgan fingerprint density at radius 1 is 1.47 bits per heavy atom. The van der Waals surface area contributed by atoms with E-state index >= 15 is 0 Å². The summed E-state index contributed by atoms with van der Waals surface area (Å²) in [6.07, 6.45) is 8.13. The van der Waals surface area contributed by atoms with Crippen molar-refractivity contribution in [2.45, 2.75) is 70.1 Å². The number of nitrogens with one attached hydrogen (secondary N) is 2. The van der Waals surface area contributed by atoms with Crippen LogP contribution in [0.3, 0.4) is 0 Å². The van der Waals surface area contributed by atoms with Gasteiger partial charge in [0.1, 0.15) is 5.69 Å². The second-order valence-corrected chi connectivity index (χ2v) is 10.5. The number of likely N-dealkylation sites (tertiary alicyclic amines) is 1. The van der Waals surface area contributed by atoms with E-state index in [-0.39, 0.29) is 11.5 Å². The van der Waals surface area contributed by atoms with Crippen molar-refractivity contribution in [2.75, 3.05) is 19.7 Å². The molecule has 1 spiro atoms. The van der Waals surface area contributed by atoms with Crippen LogP contribution in [-0.4, -0.2) is 52.8 Å². The minimum Gasteiger partial charge on any atom is -0.370 e. The summed E-state index contributed by atoms with van der Waals surface area (Å²) in [6, 6.07) is 4.96. The zero-order chi connectivity index (χ0) is 20.7. The fourth-order valence-electron chi connectivity index (χ4n) is 5.53. The first-order chi connectivity index (χ1) is 14.6. The summed E-state index contributed by atoms with van der Waals surface area (Å²) in [4.78, 5) is 17.9. The van der Waals surface area contributed by atoms with Crippen molar-refractivity contribution in [3.63, 3.8) is 0 Å². The number of aromatic nitrogens is 2. The summed E-state index contributed by atoms with van der Waals surface area (Å²) in [6.45, 7) is 7.70. The zero-order valence-electron chi connectivity index (χ0n) is 17.9. The third kappa shape index (κ3) is 3.72. The predicted octanol–water partition coefficient (Wildman–Crippen LogP) is 3.49. The number of rotatable bonds is 5. The number of piperidine rings is 1. The van der Waals surface area contributed by atoms with Crippen LogP contribution in [0.1, 0.15) is 65.3 Å². The standard InChI is InChI=1S/C23H32N4O2S/c1-3-18-12-19-21(30-18)5-9-29-23(19)6-8-27(15(2)13-23)14-16-10-17(11-16)25-22(28)20-4-7-24-26-20/h4,7,12,15-17H,3,5-6,8-11,13-14H2,1-2H3,(H,24,26)(H,25,28)/t15-,16?,17?,23+/m0/s1.